The van der Waals surface area contributed by atoms with Gasteiger partial charge in [-0.1, -0.05) is 24.3 Å². The van der Waals surface area contributed by atoms with Crippen molar-refractivity contribution < 1.29 is 17.9 Å². The van der Waals surface area contributed by atoms with Gasteiger partial charge in [-0.15, -0.1) is 0 Å². The SMILES string of the molecule is CCN1C[C@H](CN(C)C(=O)c2ccc(CS(C)(=O)=O)cc2)Oc2ccccc21. The third-order valence-corrected chi connectivity index (χ3v) is 5.62. The highest BCUT2D eigenvalue weighted by Crippen LogP contribution is 2.32. The fourth-order valence-corrected chi connectivity index (χ4v) is 4.23. The molecule has 0 radical (unpaired) electrons. The maximum absolute atomic E-state index is 12.8. The predicted octanol–water partition coefficient (Wildman–Crippen LogP) is 2.59. The lowest BCUT2D eigenvalue weighted by molar-refractivity contribution is 0.0709. The lowest BCUT2D eigenvalue weighted by Crippen LogP contribution is -2.46. The molecule has 1 amide bonds. The second-order valence-electron chi connectivity index (χ2n) is 7.20. The van der Waals surface area contributed by atoms with E-state index in [0.29, 0.717) is 17.7 Å². The molecule has 1 heterocycles. The first-order valence-electron chi connectivity index (χ1n) is 9.29. The Labute approximate surface area is 166 Å². The van der Waals surface area contributed by atoms with Crippen molar-refractivity contribution in [2.45, 2.75) is 18.8 Å². The van der Waals surface area contributed by atoms with E-state index in [4.69, 9.17) is 4.74 Å². The minimum absolute atomic E-state index is 0.0283. The summed E-state index contributed by atoms with van der Waals surface area (Å²) in [5, 5.41) is 0. The number of anilines is 1. The Bertz CT molecular complexity index is 941. The molecule has 0 saturated heterocycles. The Morgan fingerprint density at radius 1 is 1.18 bits per heavy atom. The first kappa shape index (κ1) is 20.2. The molecule has 28 heavy (non-hydrogen) atoms. The zero-order valence-corrected chi connectivity index (χ0v) is 17.3. The summed E-state index contributed by atoms with van der Waals surface area (Å²) < 4.78 is 28.9. The van der Waals surface area contributed by atoms with Gasteiger partial charge in [-0.25, -0.2) is 8.42 Å². The summed E-state index contributed by atoms with van der Waals surface area (Å²) >= 11 is 0. The molecule has 3 rings (SSSR count). The van der Waals surface area contributed by atoms with Crippen molar-refractivity contribution in [3.05, 3.63) is 59.7 Å². The van der Waals surface area contributed by atoms with Crippen molar-refractivity contribution in [1.82, 2.24) is 4.90 Å². The predicted molar refractivity (Wildman–Crippen MR) is 111 cm³/mol. The van der Waals surface area contributed by atoms with Crippen molar-refractivity contribution in [3.63, 3.8) is 0 Å². The number of fused-ring (bicyclic) bond motifs is 1. The first-order chi connectivity index (χ1) is 13.3. The van der Waals surface area contributed by atoms with E-state index in [9.17, 15) is 13.2 Å². The second-order valence-corrected chi connectivity index (χ2v) is 9.34. The molecule has 0 unspecified atom stereocenters. The van der Waals surface area contributed by atoms with Crippen LogP contribution in [0.15, 0.2) is 48.5 Å². The number of carbonyl (C=O) groups is 1. The largest absolute Gasteiger partial charge is 0.485 e. The highest BCUT2D eigenvalue weighted by Gasteiger charge is 2.27. The zero-order chi connectivity index (χ0) is 20.3. The highest BCUT2D eigenvalue weighted by molar-refractivity contribution is 7.89. The van der Waals surface area contributed by atoms with Crippen LogP contribution in [-0.4, -0.2) is 58.3 Å². The van der Waals surface area contributed by atoms with Gasteiger partial charge in [-0.05, 0) is 36.8 Å². The standard InChI is InChI=1S/C21H26N2O4S/c1-4-23-14-18(27-20-8-6-5-7-19(20)23)13-22(2)21(24)17-11-9-16(10-12-17)15-28(3,25)26/h5-12,18H,4,13-15H2,1-3H3/t18-/m0/s1. The van der Waals surface area contributed by atoms with Gasteiger partial charge in [0, 0.05) is 25.4 Å². The Kier molecular flexibility index (Phi) is 5.93. The average molecular weight is 403 g/mol. The minimum atomic E-state index is -3.09. The third-order valence-electron chi connectivity index (χ3n) is 4.76. The van der Waals surface area contributed by atoms with E-state index in [1.54, 1.807) is 36.2 Å². The fraction of sp³-hybridized carbons (Fsp3) is 0.381. The van der Waals surface area contributed by atoms with Crippen molar-refractivity contribution >= 4 is 21.4 Å². The van der Waals surface area contributed by atoms with Crippen LogP contribution in [-0.2, 0) is 15.6 Å². The molecule has 1 aliphatic heterocycles. The maximum atomic E-state index is 12.8. The van der Waals surface area contributed by atoms with Gasteiger partial charge in [0.25, 0.3) is 5.91 Å². The van der Waals surface area contributed by atoms with Crippen molar-refractivity contribution in [2.24, 2.45) is 0 Å². The van der Waals surface area contributed by atoms with Gasteiger partial charge in [-0.3, -0.25) is 4.79 Å². The van der Waals surface area contributed by atoms with Crippen LogP contribution in [0, 0.1) is 0 Å². The Morgan fingerprint density at radius 2 is 1.86 bits per heavy atom. The number of benzene rings is 2. The zero-order valence-electron chi connectivity index (χ0n) is 16.5. The summed E-state index contributed by atoms with van der Waals surface area (Å²) in [6, 6.07) is 14.7. The van der Waals surface area contributed by atoms with Crippen molar-refractivity contribution in [1.29, 1.82) is 0 Å². The van der Waals surface area contributed by atoms with Crippen LogP contribution in [0.25, 0.3) is 0 Å². The van der Waals surface area contributed by atoms with Gasteiger partial charge in [-0.2, -0.15) is 0 Å². The molecule has 6 nitrogen and oxygen atoms in total. The summed E-state index contributed by atoms with van der Waals surface area (Å²) in [5.74, 6) is 0.697. The second kappa shape index (κ2) is 8.22. The number of para-hydroxylation sites is 2. The number of hydrogen-bond donors (Lipinski definition) is 0. The molecular weight excluding hydrogens is 376 g/mol. The van der Waals surface area contributed by atoms with E-state index < -0.39 is 9.84 Å². The molecule has 0 aromatic heterocycles. The molecular formula is C21H26N2O4S. The van der Waals surface area contributed by atoms with E-state index in [1.807, 2.05) is 24.3 Å². The van der Waals surface area contributed by atoms with Gasteiger partial charge >= 0.3 is 0 Å². The molecule has 150 valence electrons. The lowest BCUT2D eigenvalue weighted by atomic mass is 10.1. The molecule has 0 bridgehead atoms. The summed E-state index contributed by atoms with van der Waals surface area (Å²) in [6.07, 6.45) is 1.08. The Morgan fingerprint density at radius 3 is 2.50 bits per heavy atom. The van der Waals surface area contributed by atoms with Crippen LogP contribution in [0.5, 0.6) is 5.75 Å². The third kappa shape index (κ3) is 4.84. The number of carbonyl (C=O) groups excluding carboxylic acids is 1. The first-order valence-corrected chi connectivity index (χ1v) is 11.4. The molecule has 0 N–H and O–H groups in total. The highest BCUT2D eigenvalue weighted by atomic mass is 32.2. The van der Waals surface area contributed by atoms with Gasteiger partial charge in [0.2, 0.25) is 0 Å². The van der Waals surface area contributed by atoms with E-state index in [2.05, 4.69) is 11.8 Å². The molecule has 1 atom stereocenters. The average Bonchev–Trinajstić information content (AvgIpc) is 2.66. The van der Waals surface area contributed by atoms with Gasteiger partial charge < -0.3 is 14.5 Å². The number of rotatable bonds is 6. The fourth-order valence-electron chi connectivity index (χ4n) is 3.43. The molecule has 0 aliphatic carbocycles. The lowest BCUT2D eigenvalue weighted by Gasteiger charge is -2.37. The molecule has 0 spiro atoms. The molecule has 0 saturated carbocycles. The summed E-state index contributed by atoms with van der Waals surface area (Å²) in [7, 11) is -1.34. The number of nitrogens with zero attached hydrogens (tertiary/aromatic N) is 2. The normalized spacial score (nSPS) is 16.2. The van der Waals surface area contributed by atoms with Crippen LogP contribution >= 0.6 is 0 Å². The summed E-state index contributed by atoms with van der Waals surface area (Å²) in [4.78, 5) is 16.7. The molecule has 2 aromatic carbocycles. The number of amides is 1. The summed E-state index contributed by atoms with van der Waals surface area (Å²) in [6.45, 7) is 4.16. The smallest absolute Gasteiger partial charge is 0.253 e. The molecule has 0 fully saturated rings. The van der Waals surface area contributed by atoms with Crippen molar-refractivity contribution in [3.8, 4) is 5.75 Å². The maximum Gasteiger partial charge on any atom is 0.253 e. The van der Waals surface area contributed by atoms with Crippen LogP contribution in [0.3, 0.4) is 0 Å². The minimum Gasteiger partial charge on any atom is -0.485 e. The van der Waals surface area contributed by atoms with Gasteiger partial charge in [0.05, 0.1) is 24.5 Å². The Balaban J connectivity index is 1.66. The van der Waals surface area contributed by atoms with Crippen LogP contribution < -0.4 is 9.64 Å². The molecule has 1 aliphatic rings. The molecule has 2 aromatic rings. The van der Waals surface area contributed by atoms with Gasteiger partial charge in [0.1, 0.15) is 11.9 Å². The van der Waals surface area contributed by atoms with E-state index >= 15 is 0 Å². The topological polar surface area (TPSA) is 66.9 Å². The van der Waals surface area contributed by atoms with Crippen LogP contribution in [0.2, 0.25) is 0 Å². The number of sulfone groups is 1. The monoisotopic (exact) mass is 402 g/mol. The molecule has 7 heteroatoms. The quantitative estimate of drug-likeness (QED) is 0.743. The Hall–Kier alpha value is -2.54. The number of ether oxygens (including phenoxy) is 1. The van der Waals surface area contributed by atoms with Gasteiger partial charge in [0.15, 0.2) is 9.84 Å². The van der Waals surface area contributed by atoms with E-state index in [1.165, 1.54) is 6.26 Å². The number of likely N-dealkylation sites (N-methyl/N-ethyl adjacent to an activating group) is 2. The summed E-state index contributed by atoms with van der Waals surface area (Å²) in [5.41, 5.74) is 2.28. The van der Waals surface area contributed by atoms with Crippen LogP contribution in [0.4, 0.5) is 5.69 Å². The van der Waals surface area contributed by atoms with E-state index in [0.717, 1.165) is 24.5 Å². The van der Waals surface area contributed by atoms with Crippen LogP contribution in [0.1, 0.15) is 22.8 Å². The van der Waals surface area contributed by atoms with Crippen molar-refractivity contribution in [2.75, 3.05) is 37.8 Å². The van der Waals surface area contributed by atoms with E-state index in [-0.39, 0.29) is 17.8 Å². The number of hydrogen-bond acceptors (Lipinski definition) is 5.